The molecule has 2 aliphatic carbocycles. The van der Waals surface area contributed by atoms with Crippen LogP contribution in [-0.4, -0.2) is 114 Å². The van der Waals surface area contributed by atoms with Gasteiger partial charge in [-0.25, -0.2) is 4.98 Å². The monoisotopic (exact) mass is 832 g/mol. The predicted molar refractivity (Wildman–Crippen MR) is 223 cm³/mol. The maximum absolute atomic E-state index is 13.0. The molecule has 4 N–H and O–H groups in total. The van der Waals surface area contributed by atoms with Crippen molar-refractivity contribution in [3.63, 3.8) is 0 Å². The Hall–Kier alpha value is -4.41. The number of halogens is 1. The van der Waals surface area contributed by atoms with Crippen molar-refractivity contribution in [1.82, 2.24) is 30.3 Å². The average Bonchev–Trinajstić information content (AvgIpc) is 3.90. The number of imide groups is 1. The van der Waals surface area contributed by atoms with Crippen LogP contribution in [0.1, 0.15) is 85.8 Å². The van der Waals surface area contributed by atoms with Gasteiger partial charge in [0.15, 0.2) is 0 Å². The molecule has 3 aromatic rings. The molecule has 1 aromatic carbocycles. The second kappa shape index (κ2) is 20.7. The van der Waals surface area contributed by atoms with Crippen molar-refractivity contribution in [3.05, 3.63) is 58.4 Å². The lowest BCUT2D eigenvalue weighted by Crippen LogP contribution is -2.52. The van der Waals surface area contributed by atoms with Crippen LogP contribution in [0.25, 0.3) is 11.3 Å². The number of carbonyl (C=O) groups excluding carboxylic acids is 4. The van der Waals surface area contributed by atoms with Crippen molar-refractivity contribution in [2.45, 2.75) is 95.3 Å². The van der Waals surface area contributed by atoms with Crippen molar-refractivity contribution in [2.24, 2.45) is 13.0 Å². The molecule has 59 heavy (non-hydrogen) atoms. The van der Waals surface area contributed by atoms with E-state index in [9.17, 15) is 19.2 Å². The van der Waals surface area contributed by atoms with Gasteiger partial charge in [0.25, 0.3) is 5.91 Å². The third-order valence-corrected chi connectivity index (χ3v) is 11.9. The Morgan fingerprint density at radius 3 is 2.41 bits per heavy atom. The fourth-order valence-corrected chi connectivity index (χ4v) is 8.34. The van der Waals surface area contributed by atoms with Crippen LogP contribution in [0.15, 0.2) is 36.5 Å². The van der Waals surface area contributed by atoms with Crippen molar-refractivity contribution in [3.8, 4) is 11.3 Å². The fraction of sp³-hybridized carbons (Fsp3) is 0.581. The molecule has 1 unspecified atom stereocenters. The standard InChI is InChI=1S/C43H57ClN8O7/c1-51-38(24-28-7-8-28)33(26-47-51)41-35(44)13-15-39(49-41)48-30-11-9-29(10-12-30)46-25-31(53)4-3-18-57-20-22-59-23-21-58-19-17-45-36-6-2-5-32-34(36)27-52(43(32)56)37-14-16-40(54)50-42(37)55/h2,5-6,13,15,26,28-30,37,45-46H,3-4,7-12,14,16-25,27H2,1H3,(H,48,49)(H,50,54,55). The number of ketones is 1. The molecule has 1 saturated heterocycles. The molecule has 2 aliphatic heterocycles. The summed E-state index contributed by atoms with van der Waals surface area (Å²) in [5.41, 5.74) is 5.24. The van der Waals surface area contributed by atoms with E-state index in [0.717, 1.165) is 66.3 Å². The summed E-state index contributed by atoms with van der Waals surface area (Å²) in [5, 5.41) is 17.9. The Bertz CT molecular complexity index is 1950. The molecule has 3 fully saturated rings. The van der Waals surface area contributed by atoms with Crippen LogP contribution in [0.3, 0.4) is 0 Å². The number of pyridine rings is 1. The first-order chi connectivity index (χ1) is 28.7. The van der Waals surface area contributed by atoms with E-state index < -0.39 is 11.9 Å². The van der Waals surface area contributed by atoms with Crippen LogP contribution < -0.4 is 21.3 Å². The molecule has 15 nitrogen and oxygen atoms in total. The van der Waals surface area contributed by atoms with Crippen molar-refractivity contribution >= 4 is 46.6 Å². The van der Waals surface area contributed by atoms with Crippen LogP contribution in [0.5, 0.6) is 0 Å². The van der Waals surface area contributed by atoms with Gasteiger partial charge in [-0.15, -0.1) is 0 Å². The molecule has 318 valence electrons. The Kier molecular flexibility index (Phi) is 15.0. The van der Waals surface area contributed by atoms with Gasteiger partial charge in [-0.05, 0) is 88.0 Å². The number of aromatic nitrogens is 3. The second-order valence-corrected chi connectivity index (χ2v) is 16.4. The fourth-order valence-electron chi connectivity index (χ4n) is 8.13. The zero-order valence-electron chi connectivity index (χ0n) is 33.9. The molecule has 4 heterocycles. The highest BCUT2D eigenvalue weighted by atomic mass is 35.5. The molecule has 7 rings (SSSR count). The number of hydrogen-bond donors (Lipinski definition) is 4. The topological polar surface area (TPSA) is 178 Å². The first-order valence-corrected chi connectivity index (χ1v) is 21.5. The van der Waals surface area contributed by atoms with Gasteiger partial charge < -0.3 is 35.1 Å². The molecule has 4 aliphatic rings. The summed E-state index contributed by atoms with van der Waals surface area (Å²) in [6.07, 6.45) is 11.2. The second-order valence-electron chi connectivity index (χ2n) is 16.0. The summed E-state index contributed by atoms with van der Waals surface area (Å²) in [5.74, 6) is 0.848. The third-order valence-electron chi connectivity index (χ3n) is 11.6. The molecule has 0 radical (unpaired) electrons. The van der Waals surface area contributed by atoms with Gasteiger partial charge in [-0.1, -0.05) is 17.7 Å². The van der Waals surface area contributed by atoms with Crippen molar-refractivity contribution in [2.75, 3.05) is 63.4 Å². The summed E-state index contributed by atoms with van der Waals surface area (Å²) in [6, 6.07) is 9.37. The van der Waals surface area contributed by atoms with E-state index in [1.165, 1.54) is 18.5 Å². The van der Waals surface area contributed by atoms with E-state index in [0.29, 0.717) is 101 Å². The van der Waals surface area contributed by atoms with E-state index in [1.807, 2.05) is 42.2 Å². The minimum Gasteiger partial charge on any atom is -0.382 e. The number of anilines is 2. The lowest BCUT2D eigenvalue weighted by Gasteiger charge is -2.30. The predicted octanol–water partition coefficient (Wildman–Crippen LogP) is 4.67. The minimum atomic E-state index is -0.642. The highest BCUT2D eigenvalue weighted by molar-refractivity contribution is 6.33. The first-order valence-electron chi connectivity index (χ1n) is 21.2. The molecule has 16 heteroatoms. The van der Waals surface area contributed by atoms with Gasteiger partial charge in [0.1, 0.15) is 17.6 Å². The maximum Gasteiger partial charge on any atom is 0.255 e. The number of nitrogens with one attached hydrogen (secondary N) is 4. The Morgan fingerprint density at radius 1 is 0.898 bits per heavy atom. The molecular formula is C43H57ClN8O7. The van der Waals surface area contributed by atoms with Crippen LogP contribution in [0.2, 0.25) is 5.02 Å². The molecule has 3 amide bonds. The van der Waals surface area contributed by atoms with E-state index in [2.05, 4.69) is 26.4 Å². The van der Waals surface area contributed by atoms with Crippen LogP contribution in [0.4, 0.5) is 11.5 Å². The number of carbonyl (C=O) groups is 4. The van der Waals surface area contributed by atoms with Crippen LogP contribution >= 0.6 is 11.6 Å². The van der Waals surface area contributed by atoms with Gasteiger partial charge in [-0.3, -0.25) is 29.2 Å². The normalized spacial score (nSPS) is 20.5. The zero-order valence-corrected chi connectivity index (χ0v) is 34.7. The molecule has 2 saturated carbocycles. The van der Waals surface area contributed by atoms with Gasteiger partial charge in [0, 0.05) is 79.7 Å². The number of amides is 3. The van der Waals surface area contributed by atoms with E-state index in [1.54, 1.807) is 11.0 Å². The Labute approximate surface area is 350 Å². The maximum atomic E-state index is 13.0. The largest absolute Gasteiger partial charge is 0.382 e. The number of rotatable bonds is 23. The lowest BCUT2D eigenvalue weighted by atomic mass is 9.91. The summed E-state index contributed by atoms with van der Waals surface area (Å²) in [7, 11) is 1.99. The number of aryl methyl sites for hydroxylation is 1. The number of Topliss-reactive ketones (excluding diaryl/α,β-unsaturated/α-hetero) is 1. The number of benzene rings is 1. The van der Waals surface area contributed by atoms with Crippen LogP contribution in [-0.2, 0) is 48.6 Å². The number of fused-ring (bicyclic) bond motifs is 1. The summed E-state index contributed by atoms with van der Waals surface area (Å²) < 4.78 is 18.9. The van der Waals surface area contributed by atoms with Gasteiger partial charge >= 0.3 is 0 Å². The number of ether oxygens (including phenoxy) is 3. The van der Waals surface area contributed by atoms with Gasteiger partial charge in [-0.2, -0.15) is 5.10 Å². The number of hydrogen-bond acceptors (Lipinski definition) is 12. The van der Waals surface area contributed by atoms with Gasteiger partial charge in [0.2, 0.25) is 11.8 Å². The van der Waals surface area contributed by atoms with E-state index in [4.69, 9.17) is 30.8 Å². The summed E-state index contributed by atoms with van der Waals surface area (Å²) in [6.45, 7) is 3.98. The third kappa shape index (κ3) is 11.7. The number of piperidine rings is 1. The lowest BCUT2D eigenvalue weighted by molar-refractivity contribution is -0.137. The highest BCUT2D eigenvalue weighted by Gasteiger charge is 2.40. The molecular weight excluding hydrogens is 776 g/mol. The van der Waals surface area contributed by atoms with Crippen molar-refractivity contribution < 1.29 is 33.4 Å². The Morgan fingerprint density at radius 2 is 1.64 bits per heavy atom. The van der Waals surface area contributed by atoms with Crippen LogP contribution in [0, 0.1) is 5.92 Å². The number of nitrogens with zero attached hydrogens (tertiary/aromatic N) is 4. The minimum absolute atomic E-state index is 0.197. The summed E-state index contributed by atoms with van der Waals surface area (Å²) >= 11 is 6.62. The zero-order chi connectivity index (χ0) is 41.1. The molecule has 0 spiro atoms. The summed E-state index contributed by atoms with van der Waals surface area (Å²) in [4.78, 5) is 55.9. The molecule has 1 atom stereocenters. The van der Waals surface area contributed by atoms with E-state index in [-0.39, 0.29) is 24.0 Å². The smallest absolute Gasteiger partial charge is 0.255 e. The molecule has 2 aromatic heterocycles. The van der Waals surface area contributed by atoms with E-state index >= 15 is 0 Å². The molecule has 0 bridgehead atoms. The van der Waals surface area contributed by atoms with Crippen molar-refractivity contribution in [1.29, 1.82) is 0 Å². The quantitative estimate of drug-likeness (QED) is 0.0768. The Balaban J connectivity index is 0.681. The SMILES string of the molecule is Cn1ncc(-c2nc(NC3CCC(NCC(=O)CCCOCCOCCOCCNc4cccc5c4CN(C4CCC(=O)NC4=O)C5=O)CC3)ccc2Cl)c1CC1CC1. The highest BCUT2D eigenvalue weighted by Crippen LogP contribution is 2.37. The first kappa shape index (κ1) is 42.7. The average molecular weight is 833 g/mol. The van der Waals surface area contributed by atoms with Gasteiger partial charge in [0.05, 0.1) is 56.5 Å².